The Hall–Kier alpha value is -2.32. The van der Waals surface area contributed by atoms with Gasteiger partial charge in [0, 0.05) is 30.2 Å². The second-order valence-electron chi connectivity index (χ2n) is 6.39. The quantitative estimate of drug-likeness (QED) is 0.824. The number of morpholine rings is 1. The van der Waals surface area contributed by atoms with E-state index in [0.29, 0.717) is 18.8 Å². The maximum absolute atomic E-state index is 15.0. The lowest BCUT2D eigenvalue weighted by Gasteiger charge is -2.38. The smallest absolute Gasteiger partial charge is 0.337 e. The van der Waals surface area contributed by atoms with Crippen LogP contribution < -0.4 is 4.90 Å². The summed E-state index contributed by atoms with van der Waals surface area (Å²) in [6, 6.07) is 1.12. The molecule has 1 aromatic carbocycles. The number of nitrogens with zero attached hydrogens (tertiary/aromatic N) is 2. The number of rotatable bonds is 4. The number of hydrogen-bond donors (Lipinski definition) is 1. The van der Waals surface area contributed by atoms with Crippen molar-refractivity contribution in [1.82, 2.24) is 4.98 Å². The average molecular weight is 378 g/mol. The maximum Gasteiger partial charge on any atom is 0.337 e. The van der Waals surface area contributed by atoms with Crippen molar-refractivity contribution in [1.29, 1.82) is 0 Å². The summed E-state index contributed by atoms with van der Waals surface area (Å²) < 4.78 is 20.7. The highest BCUT2D eigenvalue weighted by atomic mass is 32.1. The Morgan fingerprint density at radius 2 is 1.96 bits per heavy atom. The number of aromatic nitrogens is 1. The lowest BCUT2D eigenvalue weighted by molar-refractivity contribution is -0.00537. The van der Waals surface area contributed by atoms with Crippen LogP contribution in [0.2, 0.25) is 0 Å². The molecule has 2 heterocycles. The van der Waals surface area contributed by atoms with Crippen LogP contribution >= 0.6 is 11.3 Å². The predicted molar refractivity (Wildman–Crippen MR) is 95.9 cm³/mol. The summed E-state index contributed by atoms with van der Waals surface area (Å²) in [4.78, 5) is 30.1. The fraction of sp³-hybridized carbons (Fsp3) is 0.389. The molecule has 0 radical (unpaired) electrons. The summed E-state index contributed by atoms with van der Waals surface area (Å²) in [7, 11) is 0. The third kappa shape index (κ3) is 3.34. The van der Waals surface area contributed by atoms with Crippen molar-refractivity contribution in [2.45, 2.75) is 33.0 Å². The molecule has 0 saturated carbocycles. The number of ketones is 1. The highest BCUT2D eigenvalue weighted by Gasteiger charge is 2.31. The lowest BCUT2D eigenvalue weighted by atomic mass is 9.98. The van der Waals surface area contributed by atoms with Crippen molar-refractivity contribution in [3.63, 3.8) is 0 Å². The SMILES string of the molecule is Cc1c(F)c(C(=O)c2nccs2)cc(C(=O)O)c1N1C[C@@H](C)O[C@@H](C)C1. The standard InChI is InChI=1S/C18H19FN2O4S/c1-9-7-21(8-10(2)25-9)15-11(3)14(19)12(6-13(15)18(23)24)16(22)17-20-4-5-26-17/h4-6,9-10H,7-8H2,1-3H3,(H,23,24)/t9-,10+. The van der Waals surface area contributed by atoms with Crippen LogP contribution in [-0.2, 0) is 4.74 Å². The highest BCUT2D eigenvalue weighted by molar-refractivity contribution is 7.11. The van der Waals surface area contributed by atoms with Gasteiger partial charge in [-0.1, -0.05) is 0 Å². The van der Waals surface area contributed by atoms with Gasteiger partial charge < -0.3 is 14.7 Å². The zero-order chi connectivity index (χ0) is 19.0. The van der Waals surface area contributed by atoms with Crippen LogP contribution in [0.15, 0.2) is 17.6 Å². The number of carboxylic acids is 1. The fourth-order valence-electron chi connectivity index (χ4n) is 3.33. The first-order chi connectivity index (χ1) is 12.3. The molecule has 138 valence electrons. The molecular formula is C18H19FN2O4S. The topological polar surface area (TPSA) is 79.7 Å². The van der Waals surface area contributed by atoms with Gasteiger partial charge in [0.2, 0.25) is 5.78 Å². The zero-order valence-electron chi connectivity index (χ0n) is 14.7. The number of carboxylic acid groups (broad SMARTS) is 1. The Bertz CT molecular complexity index is 843. The molecule has 2 atom stereocenters. The van der Waals surface area contributed by atoms with E-state index in [-0.39, 0.29) is 33.9 Å². The van der Waals surface area contributed by atoms with Crippen molar-refractivity contribution in [3.05, 3.63) is 45.2 Å². The third-order valence-corrected chi connectivity index (χ3v) is 5.07. The normalized spacial score (nSPS) is 20.2. The summed E-state index contributed by atoms with van der Waals surface area (Å²) in [5, 5.41) is 11.4. The van der Waals surface area contributed by atoms with E-state index in [0.717, 1.165) is 17.4 Å². The van der Waals surface area contributed by atoms with Crippen molar-refractivity contribution in [3.8, 4) is 0 Å². The predicted octanol–water partition coefficient (Wildman–Crippen LogP) is 3.13. The minimum atomic E-state index is -1.21. The van der Waals surface area contributed by atoms with Crippen molar-refractivity contribution < 1.29 is 23.8 Å². The Morgan fingerprint density at radius 1 is 1.31 bits per heavy atom. The molecule has 0 spiro atoms. The van der Waals surface area contributed by atoms with E-state index in [9.17, 15) is 14.7 Å². The molecule has 0 bridgehead atoms. The molecule has 0 amide bonds. The molecule has 8 heteroatoms. The molecule has 1 N–H and O–H groups in total. The summed E-state index contributed by atoms with van der Waals surface area (Å²) in [6.07, 6.45) is 1.23. The molecule has 1 aliphatic rings. The number of thiazole rings is 1. The van der Waals surface area contributed by atoms with Crippen LogP contribution in [0.4, 0.5) is 10.1 Å². The lowest BCUT2D eigenvalue weighted by Crippen LogP contribution is -2.46. The molecule has 3 rings (SSSR count). The Morgan fingerprint density at radius 3 is 2.50 bits per heavy atom. The molecule has 0 unspecified atom stereocenters. The molecule has 1 aromatic heterocycles. The van der Waals surface area contributed by atoms with E-state index in [4.69, 9.17) is 4.74 Å². The number of ether oxygens (including phenoxy) is 1. The number of carbonyl (C=O) groups excluding carboxylic acids is 1. The van der Waals surface area contributed by atoms with Gasteiger partial charge in [0.05, 0.1) is 29.0 Å². The van der Waals surface area contributed by atoms with Gasteiger partial charge in [-0.25, -0.2) is 14.2 Å². The highest BCUT2D eigenvalue weighted by Crippen LogP contribution is 2.33. The van der Waals surface area contributed by atoms with Crippen LogP contribution in [0.25, 0.3) is 0 Å². The zero-order valence-corrected chi connectivity index (χ0v) is 15.5. The molecule has 1 aliphatic heterocycles. The summed E-state index contributed by atoms with van der Waals surface area (Å²) in [5.74, 6) is -2.53. The van der Waals surface area contributed by atoms with E-state index in [2.05, 4.69) is 4.98 Å². The first-order valence-electron chi connectivity index (χ1n) is 8.20. The minimum Gasteiger partial charge on any atom is -0.478 e. The third-order valence-electron chi connectivity index (χ3n) is 4.30. The van der Waals surface area contributed by atoms with Gasteiger partial charge in [-0.3, -0.25) is 4.79 Å². The number of hydrogen-bond acceptors (Lipinski definition) is 6. The van der Waals surface area contributed by atoms with Crippen LogP contribution in [0.1, 0.15) is 45.1 Å². The van der Waals surface area contributed by atoms with Gasteiger partial charge in [-0.05, 0) is 26.8 Å². The largest absolute Gasteiger partial charge is 0.478 e. The number of aromatic carboxylic acids is 1. The number of anilines is 1. The first kappa shape index (κ1) is 18.5. The van der Waals surface area contributed by atoms with Crippen LogP contribution in [-0.4, -0.2) is 47.1 Å². The van der Waals surface area contributed by atoms with Crippen LogP contribution in [0.5, 0.6) is 0 Å². The second kappa shape index (κ2) is 7.13. The number of benzene rings is 1. The monoisotopic (exact) mass is 378 g/mol. The Balaban J connectivity index is 2.13. The second-order valence-corrected chi connectivity index (χ2v) is 7.29. The van der Waals surface area contributed by atoms with Gasteiger partial charge in [-0.15, -0.1) is 11.3 Å². The molecular weight excluding hydrogens is 359 g/mol. The van der Waals surface area contributed by atoms with E-state index in [1.54, 1.807) is 5.38 Å². The van der Waals surface area contributed by atoms with Gasteiger partial charge in [-0.2, -0.15) is 0 Å². The number of halogens is 1. The van der Waals surface area contributed by atoms with Crippen LogP contribution in [0, 0.1) is 12.7 Å². The molecule has 2 aromatic rings. The minimum absolute atomic E-state index is 0.0925. The van der Waals surface area contributed by atoms with E-state index >= 15 is 4.39 Å². The molecule has 0 aliphatic carbocycles. The van der Waals surface area contributed by atoms with Crippen molar-refractivity contribution >= 4 is 28.8 Å². The molecule has 26 heavy (non-hydrogen) atoms. The van der Waals surface area contributed by atoms with Crippen molar-refractivity contribution in [2.75, 3.05) is 18.0 Å². The van der Waals surface area contributed by atoms with Crippen LogP contribution in [0.3, 0.4) is 0 Å². The molecule has 6 nitrogen and oxygen atoms in total. The Labute approximate surface area is 154 Å². The molecule has 1 saturated heterocycles. The van der Waals surface area contributed by atoms with Gasteiger partial charge in [0.1, 0.15) is 5.82 Å². The first-order valence-corrected chi connectivity index (χ1v) is 9.08. The van der Waals surface area contributed by atoms with Gasteiger partial charge in [0.25, 0.3) is 0 Å². The van der Waals surface area contributed by atoms with Crippen molar-refractivity contribution in [2.24, 2.45) is 0 Å². The van der Waals surface area contributed by atoms with Gasteiger partial charge >= 0.3 is 5.97 Å². The molecule has 1 fully saturated rings. The van der Waals surface area contributed by atoms with E-state index < -0.39 is 17.6 Å². The maximum atomic E-state index is 15.0. The van der Waals surface area contributed by atoms with E-state index in [1.165, 1.54) is 13.1 Å². The summed E-state index contributed by atoms with van der Waals surface area (Å²) >= 11 is 1.09. The average Bonchev–Trinajstić information content (AvgIpc) is 3.09. The summed E-state index contributed by atoms with van der Waals surface area (Å²) in [6.45, 7) is 6.17. The number of carbonyl (C=O) groups is 2. The fourth-order valence-corrected chi connectivity index (χ4v) is 3.92. The Kier molecular flexibility index (Phi) is 5.06. The van der Waals surface area contributed by atoms with Gasteiger partial charge in [0.15, 0.2) is 5.01 Å². The summed E-state index contributed by atoms with van der Waals surface area (Å²) in [5.41, 5.74) is 0.0804. The van der Waals surface area contributed by atoms with E-state index in [1.807, 2.05) is 18.7 Å².